The van der Waals surface area contributed by atoms with E-state index in [-0.39, 0.29) is 0 Å². The Labute approximate surface area is 102 Å². The van der Waals surface area contributed by atoms with Crippen molar-refractivity contribution < 1.29 is 4.52 Å². The van der Waals surface area contributed by atoms with Crippen molar-refractivity contribution in [2.75, 3.05) is 0 Å². The maximum atomic E-state index is 6.13. The largest absolute Gasteiger partial charge is 0.339 e. The van der Waals surface area contributed by atoms with Gasteiger partial charge in [-0.2, -0.15) is 4.98 Å². The van der Waals surface area contributed by atoms with Gasteiger partial charge >= 0.3 is 0 Å². The predicted octanol–water partition coefficient (Wildman–Crippen LogP) is 2.56. The Hall–Kier alpha value is -0.900. The van der Waals surface area contributed by atoms with E-state index in [9.17, 15) is 0 Å². The highest BCUT2D eigenvalue weighted by atomic mass is 16.5. The highest BCUT2D eigenvalue weighted by Crippen LogP contribution is 2.60. The van der Waals surface area contributed by atoms with Crippen LogP contribution in [0.15, 0.2) is 4.52 Å². The van der Waals surface area contributed by atoms with E-state index in [1.54, 1.807) is 0 Å². The van der Waals surface area contributed by atoms with Crippen molar-refractivity contribution in [1.82, 2.24) is 10.1 Å². The molecule has 0 amide bonds. The molecule has 3 atom stereocenters. The molecule has 2 saturated carbocycles. The first-order chi connectivity index (χ1) is 8.13. The zero-order chi connectivity index (χ0) is 12.0. The number of rotatable bonds is 3. The van der Waals surface area contributed by atoms with Crippen LogP contribution in [0.5, 0.6) is 0 Å². The lowest BCUT2D eigenvalue weighted by molar-refractivity contribution is 0.348. The monoisotopic (exact) mass is 235 g/mol. The van der Waals surface area contributed by atoms with Crippen LogP contribution in [-0.4, -0.2) is 10.1 Å². The summed E-state index contributed by atoms with van der Waals surface area (Å²) in [5.74, 6) is 3.65. The van der Waals surface area contributed by atoms with Crippen LogP contribution < -0.4 is 5.73 Å². The predicted molar refractivity (Wildman–Crippen MR) is 64.3 cm³/mol. The Morgan fingerprint density at radius 3 is 2.59 bits per heavy atom. The van der Waals surface area contributed by atoms with Gasteiger partial charge in [-0.3, -0.25) is 0 Å². The maximum absolute atomic E-state index is 6.13. The fourth-order valence-corrected chi connectivity index (χ4v) is 3.12. The van der Waals surface area contributed by atoms with Gasteiger partial charge in [-0.05, 0) is 38.0 Å². The first-order valence-corrected chi connectivity index (χ1v) is 6.76. The molecule has 3 unspecified atom stereocenters. The van der Waals surface area contributed by atoms with Crippen LogP contribution >= 0.6 is 0 Å². The van der Waals surface area contributed by atoms with Crippen LogP contribution in [0.3, 0.4) is 0 Å². The second-order valence-corrected chi connectivity index (χ2v) is 5.87. The molecule has 0 bridgehead atoms. The molecule has 2 fully saturated rings. The van der Waals surface area contributed by atoms with Gasteiger partial charge in [-0.1, -0.05) is 24.9 Å². The fraction of sp³-hybridized carbons (Fsp3) is 0.846. The van der Waals surface area contributed by atoms with Crippen LogP contribution in [0.1, 0.15) is 63.6 Å². The lowest BCUT2D eigenvalue weighted by Gasteiger charge is -2.16. The van der Waals surface area contributed by atoms with Crippen LogP contribution in [0.2, 0.25) is 0 Å². The Morgan fingerprint density at radius 2 is 2.00 bits per heavy atom. The number of fused-ring (bicyclic) bond motifs is 1. The van der Waals surface area contributed by atoms with E-state index in [2.05, 4.69) is 10.1 Å². The van der Waals surface area contributed by atoms with E-state index < -0.39 is 5.54 Å². The standard InChI is InChI=1S/C13H21N3O/c1-3-13(2,14)12-15-11(17-16-12)10-8-6-4-5-7-9(8)10/h8-10H,3-7,14H2,1-2H3. The molecule has 1 aromatic heterocycles. The zero-order valence-corrected chi connectivity index (χ0v) is 10.6. The molecule has 0 spiro atoms. The molecule has 1 heterocycles. The van der Waals surface area contributed by atoms with Gasteiger partial charge < -0.3 is 10.3 Å². The van der Waals surface area contributed by atoms with Crippen molar-refractivity contribution in [3.63, 3.8) is 0 Å². The molecule has 0 aromatic carbocycles. The molecular weight excluding hydrogens is 214 g/mol. The van der Waals surface area contributed by atoms with Crippen molar-refractivity contribution in [3.05, 3.63) is 11.7 Å². The van der Waals surface area contributed by atoms with Gasteiger partial charge in [0, 0.05) is 5.92 Å². The van der Waals surface area contributed by atoms with Gasteiger partial charge in [-0.15, -0.1) is 0 Å². The lowest BCUT2D eigenvalue weighted by Crippen LogP contribution is -2.33. The summed E-state index contributed by atoms with van der Waals surface area (Å²) in [4.78, 5) is 4.54. The fourth-order valence-electron chi connectivity index (χ4n) is 3.12. The molecule has 17 heavy (non-hydrogen) atoms. The maximum Gasteiger partial charge on any atom is 0.230 e. The number of hydrogen-bond donors (Lipinski definition) is 1. The van der Waals surface area contributed by atoms with Crippen LogP contribution in [0.25, 0.3) is 0 Å². The summed E-state index contributed by atoms with van der Waals surface area (Å²) in [6.07, 6.45) is 6.22. The normalized spacial score (nSPS) is 35.1. The molecule has 0 radical (unpaired) electrons. The minimum Gasteiger partial charge on any atom is -0.339 e. The summed E-state index contributed by atoms with van der Waals surface area (Å²) in [7, 11) is 0. The van der Waals surface area contributed by atoms with Gasteiger partial charge in [-0.25, -0.2) is 0 Å². The molecule has 4 nitrogen and oxygen atoms in total. The lowest BCUT2D eigenvalue weighted by atomic mass is 10.0. The molecule has 2 aliphatic rings. The molecular formula is C13H21N3O. The van der Waals surface area contributed by atoms with Crippen molar-refractivity contribution >= 4 is 0 Å². The third-order valence-electron chi connectivity index (χ3n) is 4.63. The van der Waals surface area contributed by atoms with Gasteiger partial charge in [0.15, 0.2) is 5.82 Å². The van der Waals surface area contributed by atoms with Gasteiger partial charge in [0.05, 0.1) is 5.54 Å². The molecule has 94 valence electrons. The average molecular weight is 235 g/mol. The van der Waals surface area contributed by atoms with Crippen LogP contribution in [-0.2, 0) is 5.54 Å². The molecule has 4 heteroatoms. The second-order valence-electron chi connectivity index (χ2n) is 5.87. The van der Waals surface area contributed by atoms with E-state index in [1.165, 1.54) is 25.7 Å². The van der Waals surface area contributed by atoms with E-state index in [1.807, 2.05) is 13.8 Å². The van der Waals surface area contributed by atoms with Crippen LogP contribution in [0, 0.1) is 11.8 Å². The Balaban J connectivity index is 1.78. The Kier molecular flexibility index (Phi) is 2.51. The smallest absolute Gasteiger partial charge is 0.230 e. The zero-order valence-electron chi connectivity index (χ0n) is 10.6. The molecule has 0 aliphatic heterocycles. The Bertz CT molecular complexity index is 401. The Morgan fingerprint density at radius 1 is 1.35 bits per heavy atom. The summed E-state index contributed by atoms with van der Waals surface area (Å²) in [5, 5.41) is 4.07. The summed E-state index contributed by atoms with van der Waals surface area (Å²) in [5.41, 5.74) is 5.68. The summed E-state index contributed by atoms with van der Waals surface area (Å²) >= 11 is 0. The van der Waals surface area contributed by atoms with E-state index in [0.29, 0.717) is 11.7 Å². The molecule has 1 aromatic rings. The van der Waals surface area contributed by atoms with Gasteiger partial charge in [0.2, 0.25) is 5.89 Å². The second kappa shape index (κ2) is 3.80. The minimum atomic E-state index is -0.457. The van der Waals surface area contributed by atoms with E-state index in [4.69, 9.17) is 10.3 Å². The van der Waals surface area contributed by atoms with Crippen molar-refractivity contribution in [2.24, 2.45) is 17.6 Å². The van der Waals surface area contributed by atoms with E-state index >= 15 is 0 Å². The highest BCUT2D eigenvalue weighted by Gasteiger charge is 2.54. The molecule has 0 saturated heterocycles. The van der Waals surface area contributed by atoms with E-state index in [0.717, 1.165) is 24.1 Å². The highest BCUT2D eigenvalue weighted by molar-refractivity contribution is 5.16. The number of hydrogen-bond acceptors (Lipinski definition) is 4. The first kappa shape index (κ1) is 11.2. The summed E-state index contributed by atoms with van der Waals surface area (Å²) in [6.45, 7) is 4.01. The van der Waals surface area contributed by atoms with Gasteiger partial charge in [0.1, 0.15) is 0 Å². The quantitative estimate of drug-likeness (QED) is 0.874. The summed E-state index contributed by atoms with van der Waals surface area (Å²) < 4.78 is 5.43. The number of nitrogens with zero attached hydrogens (tertiary/aromatic N) is 2. The third kappa shape index (κ3) is 1.79. The minimum absolute atomic E-state index is 0.457. The first-order valence-electron chi connectivity index (χ1n) is 6.76. The molecule has 2 aliphatic carbocycles. The summed E-state index contributed by atoms with van der Waals surface area (Å²) in [6, 6.07) is 0. The average Bonchev–Trinajstić information content (AvgIpc) is 2.85. The molecule has 2 N–H and O–H groups in total. The topological polar surface area (TPSA) is 64.9 Å². The number of nitrogens with two attached hydrogens (primary N) is 1. The SMILES string of the molecule is CCC(C)(N)c1noc(C2C3CCCCC32)n1. The van der Waals surface area contributed by atoms with Crippen LogP contribution in [0.4, 0.5) is 0 Å². The molecule has 3 rings (SSSR count). The third-order valence-corrected chi connectivity index (χ3v) is 4.63. The van der Waals surface area contributed by atoms with Gasteiger partial charge in [0.25, 0.3) is 0 Å². The van der Waals surface area contributed by atoms with Crippen molar-refractivity contribution in [1.29, 1.82) is 0 Å². The number of aromatic nitrogens is 2. The van der Waals surface area contributed by atoms with Crippen molar-refractivity contribution in [3.8, 4) is 0 Å². The van der Waals surface area contributed by atoms with Crippen molar-refractivity contribution in [2.45, 2.75) is 57.4 Å².